The van der Waals surface area contributed by atoms with Gasteiger partial charge in [0.1, 0.15) is 5.82 Å². The molecule has 0 aliphatic rings. The zero-order valence-corrected chi connectivity index (χ0v) is 9.01. The minimum Gasteiger partial charge on any atom is -0.475 e. The van der Waals surface area contributed by atoms with E-state index in [1.165, 1.54) is 12.3 Å². The van der Waals surface area contributed by atoms with Gasteiger partial charge in [0.05, 0.1) is 5.69 Å². The maximum absolute atomic E-state index is 13.6. The molecule has 1 aromatic carbocycles. The van der Waals surface area contributed by atoms with Crippen LogP contribution in [-0.2, 0) is 0 Å². The van der Waals surface area contributed by atoms with E-state index in [2.05, 4.69) is 9.97 Å². The molecule has 0 bridgehead atoms. The third-order valence-corrected chi connectivity index (χ3v) is 2.29. The van der Waals surface area contributed by atoms with Crippen molar-refractivity contribution >= 4 is 5.97 Å². The molecule has 5 heteroatoms. The van der Waals surface area contributed by atoms with Gasteiger partial charge in [0.2, 0.25) is 5.82 Å². The monoisotopic (exact) mass is 232 g/mol. The van der Waals surface area contributed by atoms with Crippen molar-refractivity contribution in [2.45, 2.75) is 6.92 Å². The van der Waals surface area contributed by atoms with E-state index in [1.807, 2.05) is 0 Å². The van der Waals surface area contributed by atoms with Gasteiger partial charge in [-0.1, -0.05) is 12.1 Å². The summed E-state index contributed by atoms with van der Waals surface area (Å²) < 4.78 is 13.6. The molecule has 0 aliphatic carbocycles. The third kappa shape index (κ3) is 2.13. The summed E-state index contributed by atoms with van der Waals surface area (Å²) in [6.07, 6.45) is 1.37. The van der Waals surface area contributed by atoms with Crippen LogP contribution >= 0.6 is 0 Å². The SMILES string of the molecule is Cc1cnc(C(=O)O)nc1-c1ccccc1F. The normalized spacial score (nSPS) is 10.2. The molecular formula is C12H9FN2O2. The van der Waals surface area contributed by atoms with Crippen molar-refractivity contribution in [1.29, 1.82) is 0 Å². The maximum Gasteiger partial charge on any atom is 0.373 e. The van der Waals surface area contributed by atoms with E-state index in [0.29, 0.717) is 11.3 Å². The number of aryl methyl sites for hydroxylation is 1. The van der Waals surface area contributed by atoms with E-state index in [1.54, 1.807) is 25.1 Å². The molecular weight excluding hydrogens is 223 g/mol. The highest BCUT2D eigenvalue weighted by Crippen LogP contribution is 2.23. The Morgan fingerprint density at radius 2 is 2.06 bits per heavy atom. The number of benzene rings is 1. The van der Waals surface area contributed by atoms with Crippen LogP contribution in [0.2, 0.25) is 0 Å². The van der Waals surface area contributed by atoms with Crippen molar-refractivity contribution in [1.82, 2.24) is 9.97 Å². The molecule has 1 N–H and O–H groups in total. The van der Waals surface area contributed by atoms with Crippen LogP contribution in [0.15, 0.2) is 30.5 Å². The van der Waals surface area contributed by atoms with Gasteiger partial charge in [0.15, 0.2) is 0 Å². The van der Waals surface area contributed by atoms with Crippen LogP contribution < -0.4 is 0 Å². The van der Waals surface area contributed by atoms with Crippen molar-refractivity contribution in [3.8, 4) is 11.3 Å². The van der Waals surface area contributed by atoms with E-state index in [9.17, 15) is 9.18 Å². The minimum absolute atomic E-state index is 0.273. The molecule has 2 rings (SSSR count). The lowest BCUT2D eigenvalue weighted by molar-refractivity contribution is 0.0683. The Morgan fingerprint density at radius 1 is 1.35 bits per heavy atom. The number of carboxylic acid groups (broad SMARTS) is 1. The van der Waals surface area contributed by atoms with Crippen LogP contribution in [0.4, 0.5) is 4.39 Å². The molecule has 0 atom stereocenters. The molecule has 0 saturated carbocycles. The van der Waals surface area contributed by atoms with Gasteiger partial charge in [-0.05, 0) is 24.6 Å². The van der Waals surface area contributed by atoms with Gasteiger partial charge in [-0.3, -0.25) is 0 Å². The number of nitrogens with zero attached hydrogens (tertiary/aromatic N) is 2. The smallest absolute Gasteiger partial charge is 0.373 e. The predicted molar refractivity (Wildman–Crippen MR) is 59.1 cm³/mol. The molecule has 0 unspecified atom stereocenters. The van der Waals surface area contributed by atoms with Crippen molar-refractivity contribution in [2.75, 3.05) is 0 Å². The second kappa shape index (κ2) is 4.29. The fourth-order valence-electron chi connectivity index (χ4n) is 1.47. The molecule has 0 fully saturated rings. The van der Waals surface area contributed by atoms with Gasteiger partial charge in [-0.25, -0.2) is 19.2 Å². The number of halogens is 1. The highest BCUT2D eigenvalue weighted by atomic mass is 19.1. The third-order valence-electron chi connectivity index (χ3n) is 2.29. The first kappa shape index (κ1) is 11.2. The Labute approximate surface area is 96.8 Å². The van der Waals surface area contributed by atoms with Crippen LogP contribution in [-0.4, -0.2) is 21.0 Å². The minimum atomic E-state index is -1.23. The Balaban J connectivity index is 2.63. The summed E-state index contributed by atoms with van der Waals surface area (Å²) in [7, 11) is 0. The molecule has 0 amide bonds. The fourth-order valence-corrected chi connectivity index (χ4v) is 1.47. The number of aromatic carboxylic acids is 1. The van der Waals surface area contributed by atoms with Crippen molar-refractivity contribution in [2.24, 2.45) is 0 Å². The van der Waals surface area contributed by atoms with Crippen molar-refractivity contribution in [3.63, 3.8) is 0 Å². The first-order valence-electron chi connectivity index (χ1n) is 4.91. The summed E-state index contributed by atoms with van der Waals surface area (Å²) in [5.74, 6) is -2.01. The summed E-state index contributed by atoms with van der Waals surface area (Å²) in [6, 6.07) is 6.08. The molecule has 4 nitrogen and oxygen atoms in total. The average molecular weight is 232 g/mol. The summed E-state index contributed by atoms with van der Waals surface area (Å²) >= 11 is 0. The summed E-state index contributed by atoms with van der Waals surface area (Å²) in [5.41, 5.74) is 1.20. The van der Waals surface area contributed by atoms with Crippen LogP contribution in [0, 0.1) is 12.7 Å². The van der Waals surface area contributed by atoms with E-state index in [0.717, 1.165) is 0 Å². The van der Waals surface area contributed by atoms with Crippen molar-refractivity contribution in [3.05, 3.63) is 47.7 Å². The standard InChI is InChI=1S/C12H9FN2O2/c1-7-6-14-11(12(16)17)15-10(7)8-4-2-3-5-9(8)13/h2-6H,1H3,(H,16,17). The highest BCUT2D eigenvalue weighted by Gasteiger charge is 2.13. The van der Waals surface area contributed by atoms with E-state index >= 15 is 0 Å². The van der Waals surface area contributed by atoms with Gasteiger partial charge >= 0.3 is 5.97 Å². The van der Waals surface area contributed by atoms with Crippen molar-refractivity contribution < 1.29 is 14.3 Å². The lowest BCUT2D eigenvalue weighted by atomic mass is 10.1. The molecule has 1 aromatic heterocycles. The number of carboxylic acids is 1. The van der Waals surface area contributed by atoms with Gasteiger partial charge < -0.3 is 5.11 Å². The van der Waals surface area contributed by atoms with Crippen LogP contribution in [0.5, 0.6) is 0 Å². The second-order valence-electron chi connectivity index (χ2n) is 3.51. The largest absolute Gasteiger partial charge is 0.475 e. The van der Waals surface area contributed by atoms with Gasteiger partial charge in [0.25, 0.3) is 0 Å². The Morgan fingerprint density at radius 3 is 2.71 bits per heavy atom. The van der Waals surface area contributed by atoms with Crippen LogP contribution in [0.3, 0.4) is 0 Å². The second-order valence-corrected chi connectivity index (χ2v) is 3.51. The summed E-state index contributed by atoms with van der Waals surface area (Å²) in [6.45, 7) is 1.70. The van der Waals surface area contributed by atoms with Gasteiger partial charge in [-0.2, -0.15) is 0 Å². The maximum atomic E-state index is 13.6. The molecule has 0 saturated heterocycles. The van der Waals surface area contributed by atoms with E-state index in [-0.39, 0.29) is 11.4 Å². The van der Waals surface area contributed by atoms with Crippen LogP contribution in [0.25, 0.3) is 11.3 Å². The number of carbonyl (C=O) groups is 1. The lowest BCUT2D eigenvalue weighted by Crippen LogP contribution is -2.06. The molecule has 17 heavy (non-hydrogen) atoms. The molecule has 1 heterocycles. The first-order chi connectivity index (χ1) is 8.09. The summed E-state index contributed by atoms with van der Waals surface area (Å²) in [5, 5.41) is 8.80. The highest BCUT2D eigenvalue weighted by molar-refractivity contribution is 5.84. The number of hydrogen-bond acceptors (Lipinski definition) is 3. The average Bonchev–Trinajstić information content (AvgIpc) is 2.30. The Kier molecular flexibility index (Phi) is 2.82. The Bertz CT molecular complexity index is 584. The zero-order chi connectivity index (χ0) is 12.4. The lowest BCUT2D eigenvalue weighted by Gasteiger charge is -2.06. The molecule has 0 radical (unpaired) electrons. The van der Waals surface area contributed by atoms with E-state index in [4.69, 9.17) is 5.11 Å². The van der Waals surface area contributed by atoms with Crippen LogP contribution in [0.1, 0.15) is 16.2 Å². The molecule has 86 valence electrons. The quantitative estimate of drug-likeness (QED) is 0.862. The fraction of sp³-hybridized carbons (Fsp3) is 0.0833. The molecule has 0 spiro atoms. The predicted octanol–water partition coefficient (Wildman–Crippen LogP) is 2.29. The number of rotatable bonds is 2. The van der Waals surface area contributed by atoms with E-state index < -0.39 is 11.8 Å². The molecule has 0 aliphatic heterocycles. The molecule has 2 aromatic rings. The number of hydrogen-bond donors (Lipinski definition) is 1. The zero-order valence-electron chi connectivity index (χ0n) is 9.01. The number of aromatic nitrogens is 2. The first-order valence-corrected chi connectivity index (χ1v) is 4.91. The van der Waals surface area contributed by atoms with Gasteiger partial charge in [0, 0.05) is 11.8 Å². The summed E-state index contributed by atoms with van der Waals surface area (Å²) in [4.78, 5) is 18.3. The Hall–Kier alpha value is -2.30. The van der Waals surface area contributed by atoms with Gasteiger partial charge in [-0.15, -0.1) is 0 Å². The topological polar surface area (TPSA) is 63.1 Å².